The molecule has 3 aromatic rings. The number of benzene rings is 2. The van der Waals surface area contributed by atoms with E-state index in [1.165, 1.54) is 6.07 Å². The topological polar surface area (TPSA) is 95.5 Å². The maximum absolute atomic E-state index is 12.7. The van der Waals surface area contributed by atoms with Crippen LogP contribution in [0.2, 0.25) is 0 Å². The van der Waals surface area contributed by atoms with E-state index in [9.17, 15) is 18.3 Å². The van der Waals surface area contributed by atoms with Crippen molar-refractivity contribution < 1.29 is 18.3 Å². The van der Waals surface area contributed by atoms with Crippen molar-refractivity contribution in [3.63, 3.8) is 0 Å². The Balaban J connectivity index is 1.72. The molecule has 29 heavy (non-hydrogen) atoms. The van der Waals surface area contributed by atoms with Crippen LogP contribution >= 0.6 is 11.3 Å². The summed E-state index contributed by atoms with van der Waals surface area (Å²) in [6.45, 7) is 3.76. The molecule has 1 amide bonds. The quantitative estimate of drug-likeness (QED) is 0.533. The summed E-state index contributed by atoms with van der Waals surface area (Å²) in [5.74, 6) is -0.545. The first-order valence-electron chi connectivity index (χ1n) is 8.96. The number of aliphatic hydroxyl groups excluding tert-OH is 1. The van der Waals surface area contributed by atoms with Crippen LogP contribution in [0, 0.1) is 13.8 Å². The molecular formula is C21H22N2O4S2. The van der Waals surface area contributed by atoms with Crippen molar-refractivity contribution in [2.75, 3.05) is 11.3 Å². The van der Waals surface area contributed by atoms with Gasteiger partial charge in [0.25, 0.3) is 15.9 Å². The Morgan fingerprint density at radius 3 is 2.45 bits per heavy atom. The van der Waals surface area contributed by atoms with Gasteiger partial charge < -0.3 is 10.4 Å². The minimum absolute atomic E-state index is 0.0214. The fourth-order valence-electron chi connectivity index (χ4n) is 2.85. The second-order valence-electron chi connectivity index (χ2n) is 6.67. The number of sulfonamides is 1. The molecule has 0 saturated carbocycles. The molecule has 2 aromatic carbocycles. The van der Waals surface area contributed by atoms with Crippen molar-refractivity contribution in [1.29, 1.82) is 0 Å². The van der Waals surface area contributed by atoms with E-state index in [2.05, 4.69) is 10.0 Å². The third kappa shape index (κ3) is 5.03. The minimum Gasteiger partial charge on any atom is -0.387 e. The highest BCUT2D eigenvalue weighted by Crippen LogP contribution is 2.25. The normalized spacial score (nSPS) is 12.4. The van der Waals surface area contributed by atoms with Crippen molar-refractivity contribution in [3.8, 4) is 0 Å². The van der Waals surface area contributed by atoms with Gasteiger partial charge in [0.15, 0.2) is 0 Å². The predicted molar refractivity (Wildman–Crippen MR) is 115 cm³/mol. The molecule has 1 atom stereocenters. The molecule has 0 radical (unpaired) electrons. The zero-order valence-corrected chi connectivity index (χ0v) is 17.7. The molecule has 0 aliphatic rings. The number of hydrogen-bond acceptors (Lipinski definition) is 5. The Kier molecular flexibility index (Phi) is 6.36. The fourth-order valence-corrected chi connectivity index (χ4v) is 5.25. The van der Waals surface area contributed by atoms with Gasteiger partial charge in [0.2, 0.25) is 0 Å². The molecule has 1 aromatic heterocycles. The predicted octanol–water partition coefficient (Wildman–Crippen LogP) is 3.63. The van der Waals surface area contributed by atoms with Crippen LogP contribution in [0.5, 0.6) is 0 Å². The van der Waals surface area contributed by atoms with Gasteiger partial charge in [0.05, 0.1) is 6.10 Å². The van der Waals surface area contributed by atoms with Crippen molar-refractivity contribution >= 4 is 33.0 Å². The Labute approximate surface area is 174 Å². The number of nitrogens with one attached hydrogen (secondary N) is 2. The van der Waals surface area contributed by atoms with E-state index < -0.39 is 22.0 Å². The zero-order valence-electron chi connectivity index (χ0n) is 16.0. The number of carbonyl (C=O) groups excluding carboxylic acids is 1. The van der Waals surface area contributed by atoms with Gasteiger partial charge in [-0.3, -0.25) is 9.52 Å². The van der Waals surface area contributed by atoms with Gasteiger partial charge >= 0.3 is 0 Å². The third-order valence-electron chi connectivity index (χ3n) is 4.43. The summed E-state index contributed by atoms with van der Waals surface area (Å²) in [7, 11) is -3.92. The van der Waals surface area contributed by atoms with Crippen molar-refractivity contribution in [3.05, 3.63) is 81.5 Å². The van der Waals surface area contributed by atoms with E-state index in [1.807, 2.05) is 32.0 Å². The number of carbonyl (C=O) groups is 1. The first kappa shape index (κ1) is 21.0. The number of rotatable bonds is 7. The standard InChI is InChI=1S/C21H22N2O4S2/c1-14-7-9-16(10-8-14)23-29(26,27)19-11-12-28-20(19)21(25)22-13-18(24)17-6-4-3-5-15(17)2/h3-12,18,23-24H,13H2,1-2H3,(H,22,25). The smallest absolute Gasteiger partial charge is 0.263 e. The molecule has 6 nitrogen and oxygen atoms in total. The SMILES string of the molecule is Cc1ccc(NS(=O)(=O)c2ccsc2C(=O)NCC(O)c2ccccc2C)cc1. The average molecular weight is 431 g/mol. The summed E-state index contributed by atoms with van der Waals surface area (Å²) in [5, 5.41) is 14.5. The van der Waals surface area contributed by atoms with Crippen LogP contribution in [-0.4, -0.2) is 26.0 Å². The number of aryl methyl sites for hydroxylation is 2. The van der Waals surface area contributed by atoms with Gasteiger partial charge in [-0.05, 0) is 48.6 Å². The van der Waals surface area contributed by atoms with E-state index in [0.717, 1.165) is 22.5 Å². The third-order valence-corrected chi connectivity index (χ3v) is 6.90. The van der Waals surface area contributed by atoms with E-state index in [-0.39, 0.29) is 16.3 Å². The first-order valence-corrected chi connectivity index (χ1v) is 11.3. The lowest BCUT2D eigenvalue weighted by molar-refractivity contribution is 0.0917. The van der Waals surface area contributed by atoms with Crippen LogP contribution in [0.25, 0.3) is 0 Å². The average Bonchev–Trinajstić information content (AvgIpc) is 3.19. The molecule has 0 bridgehead atoms. The van der Waals surface area contributed by atoms with Gasteiger partial charge in [-0.2, -0.15) is 0 Å². The van der Waals surface area contributed by atoms with Gasteiger partial charge in [-0.25, -0.2) is 8.42 Å². The summed E-state index contributed by atoms with van der Waals surface area (Å²) in [4.78, 5) is 12.6. The van der Waals surface area contributed by atoms with Crippen molar-refractivity contribution in [1.82, 2.24) is 5.32 Å². The van der Waals surface area contributed by atoms with Gasteiger partial charge in [0.1, 0.15) is 9.77 Å². The Morgan fingerprint density at radius 2 is 1.76 bits per heavy atom. The molecule has 3 N–H and O–H groups in total. The Hall–Kier alpha value is -2.68. The van der Waals surface area contributed by atoms with Crippen LogP contribution in [0.4, 0.5) is 5.69 Å². The Bertz CT molecular complexity index is 1110. The molecule has 0 saturated heterocycles. The summed E-state index contributed by atoms with van der Waals surface area (Å²) in [6.07, 6.45) is -0.883. The molecule has 0 fully saturated rings. The number of aliphatic hydroxyl groups is 1. The summed E-state index contributed by atoms with van der Waals surface area (Å²) >= 11 is 1.04. The zero-order chi connectivity index (χ0) is 21.0. The summed E-state index contributed by atoms with van der Waals surface area (Å²) in [6, 6.07) is 15.7. The summed E-state index contributed by atoms with van der Waals surface area (Å²) < 4.78 is 28.0. The molecule has 152 valence electrons. The highest BCUT2D eigenvalue weighted by molar-refractivity contribution is 7.93. The monoisotopic (exact) mass is 430 g/mol. The van der Waals surface area contributed by atoms with Gasteiger partial charge in [0, 0.05) is 12.2 Å². The highest BCUT2D eigenvalue weighted by Gasteiger charge is 2.24. The van der Waals surface area contributed by atoms with E-state index in [1.54, 1.807) is 35.7 Å². The largest absolute Gasteiger partial charge is 0.387 e. The number of hydrogen-bond donors (Lipinski definition) is 3. The van der Waals surface area contributed by atoms with E-state index in [0.29, 0.717) is 11.3 Å². The Morgan fingerprint density at radius 1 is 1.07 bits per heavy atom. The van der Waals surface area contributed by atoms with E-state index >= 15 is 0 Å². The van der Waals surface area contributed by atoms with Crippen molar-refractivity contribution in [2.24, 2.45) is 0 Å². The molecule has 3 rings (SSSR count). The molecule has 1 heterocycles. The highest BCUT2D eigenvalue weighted by atomic mass is 32.2. The molecule has 8 heteroatoms. The van der Waals surface area contributed by atoms with Crippen molar-refractivity contribution in [2.45, 2.75) is 24.8 Å². The molecule has 1 unspecified atom stereocenters. The second-order valence-corrected chi connectivity index (χ2v) is 9.23. The lowest BCUT2D eigenvalue weighted by Gasteiger charge is -2.15. The van der Waals surface area contributed by atoms with Crippen LogP contribution in [0.3, 0.4) is 0 Å². The van der Waals surface area contributed by atoms with E-state index in [4.69, 9.17) is 0 Å². The molecule has 0 aliphatic heterocycles. The second kappa shape index (κ2) is 8.77. The number of thiophene rings is 1. The first-order chi connectivity index (χ1) is 13.8. The van der Waals surface area contributed by atoms with Crippen LogP contribution in [0.1, 0.15) is 32.5 Å². The maximum Gasteiger partial charge on any atom is 0.263 e. The lowest BCUT2D eigenvalue weighted by Crippen LogP contribution is -2.29. The molecular weight excluding hydrogens is 408 g/mol. The van der Waals surface area contributed by atoms with Crippen LogP contribution in [0.15, 0.2) is 64.9 Å². The van der Waals surface area contributed by atoms with Crippen LogP contribution in [-0.2, 0) is 10.0 Å². The molecule has 0 aliphatic carbocycles. The lowest BCUT2D eigenvalue weighted by atomic mass is 10.0. The van der Waals surface area contributed by atoms with Gasteiger partial charge in [-0.15, -0.1) is 11.3 Å². The van der Waals surface area contributed by atoms with Crippen LogP contribution < -0.4 is 10.0 Å². The minimum atomic E-state index is -3.92. The summed E-state index contributed by atoms with van der Waals surface area (Å²) in [5.41, 5.74) is 3.06. The van der Waals surface area contributed by atoms with Gasteiger partial charge in [-0.1, -0.05) is 42.0 Å². The molecule has 0 spiro atoms. The number of amides is 1. The maximum atomic E-state index is 12.7. The fraction of sp³-hybridized carbons (Fsp3) is 0.190. The number of anilines is 1.